The molecule has 0 aliphatic rings. The summed E-state index contributed by atoms with van der Waals surface area (Å²) in [5, 5.41) is 2.90. The van der Waals surface area contributed by atoms with Crippen molar-refractivity contribution in [3.05, 3.63) is 66.2 Å². The van der Waals surface area contributed by atoms with Crippen LogP contribution >= 0.6 is 0 Å². The van der Waals surface area contributed by atoms with Crippen LogP contribution < -0.4 is 5.32 Å². The number of unbranched alkanes of at least 4 members (excludes halogenated alkanes) is 1. The maximum absolute atomic E-state index is 13.1. The molecule has 0 unspecified atom stereocenters. The van der Waals surface area contributed by atoms with Crippen LogP contribution in [0.5, 0.6) is 0 Å². The Kier molecular flexibility index (Phi) is 10.5. The third kappa shape index (κ3) is 7.98. The number of hydrogen-bond donors (Lipinski definition) is 1. The van der Waals surface area contributed by atoms with Gasteiger partial charge in [-0.1, -0.05) is 61.9 Å². The lowest BCUT2D eigenvalue weighted by molar-refractivity contribution is -0.140. The summed E-state index contributed by atoms with van der Waals surface area (Å²) in [4.78, 5) is 27.5. The number of benzene rings is 2. The first-order valence-electron chi connectivity index (χ1n) is 11.4. The average molecular weight is 474 g/mol. The van der Waals surface area contributed by atoms with Crippen molar-refractivity contribution in [1.82, 2.24) is 14.5 Å². The molecule has 0 fully saturated rings. The van der Waals surface area contributed by atoms with Crippen LogP contribution in [0.2, 0.25) is 0 Å². The summed E-state index contributed by atoms with van der Waals surface area (Å²) >= 11 is 0. The topological polar surface area (TPSA) is 86.8 Å². The summed E-state index contributed by atoms with van der Waals surface area (Å²) in [7, 11) is -2.09. The fourth-order valence-corrected chi connectivity index (χ4v) is 4.62. The Labute approximate surface area is 197 Å². The molecule has 2 aromatic carbocycles. The molecule has 1 atom stereocenters. The van der Waals surface area contributed by atoms with Crippen molar-refractivity contribution in [1.29, 1.82) is 0 Å². The number of hydrogen-bond acceptors (Lipinski definition) is 4. The first-order chi connectivity index (χ1) is 15.8. The number of rotatable bonds is 13. The summed E-state index contributed by atoms with van der Waals surface area (Å²) in [6, 6.07) is 17.1. The molecule has 0 saturated heterocycles. The van der Waals surface area contributed by atoms with Gasteiger partial charge in [0.25, 0.3) is 0 Å². The molecule has 7 nitrogen and oxygen atoms in total. The molecule has 1 N–H and O–H groups in total. The first kappa shape index (κ1) is 26.5. The quantitative estimate of drug-likeness (QED) is 0.452. The second-order valence-electron chi connectivity index (χ2n) is 8.07. The Bertz CT molecular complexity index is 981. The molecule has 2 amide bonds. The molecule has 0 aliphatic heterocycles. The van der Waals surface area contributed by atoms with Crippen LogP contribution in [-0.4, -0.2) is 55.6 Å². The number of sulfonamides is 1. The maximum Gasteiger partial charge on any atom is 0.242 e. The molecule has 2 rings (SSSR count). The normalized spacial score (nSPS) is 12.4. The van der Waals surface area contributed by atoms with Crippen molar-refractivity contribution in [2.75, 3.05) is 20.1 Å². The van der Waals surface area contributed by atoms with E-state index in [4.69, 9.17) is 0 Å². The number of nitrogens with one attached hydrogen (secondary N) is 1. The standard InChI is InChI=1S/C25H35N3O4S/c1-4-5-18-26-25(30)21(2)28(20-22-13-8-6-9-14-22)24(29)17-12-19-27(3)33(31,32)23-15-10-7-11-16-23/h6-11,13-16,21H,4-5,12,17-20H2,1-3H3,(H,26,30)/t21-/m1/s1. The van der Waals surface area contributed by atoms with Crippen molar-refractivity contribution in [3.8, 4) is 0 Å². The van der Waals surface area contributed by atoms with Crippen LogP contribution in [0, 0.1) is 0 Å². The third-order valence-corrected chi connectivity index (χ3v) is 7.38. The highest BCUT2D eigenvalue weighted by Crippen LogP contribution is 2.16. The van der Waals surface area contributed by atoms with Crippen molar-refractivity contribution >= 4 is 21.8 Å². The molecule has 33 heavy (non-hydrogen) atoms. The van der Waals surface area contributed by atoms with E-state index >= 15 is 0 Å². The van der Waals surface area contributed by atoms with Gasteiger partial charge >= 0.3 is 0 Å². The predicted octanol–water partition coefficient (Wildman–Crippen LogP) is 3.42. The van der Waals surface area contributed by atoms with Gasteiger partial charge in [-0.2, -0.15) is 0 Å². The molecule has 2 aromatic rings. The van der Waals surface area contributed by atoms with E-state index < -0.39 is 16.1 Å². The Hall–Kier alpha value is -2.71. The molecular weight excluding hydrogens is 438 g/mol. The van der Waals surface area contributed by atoms with Crippen molar-refractivity contribution in [3.63, 3.8) is 0 Å². The Morgan fingerprint density at radius 1 is 0.970 bits per heavy atom. The monoisotopic (exact) mass is 473 g/mol. The number of carbonyl (C=O) groups excluding carboxylic acids is 2. The summed E-state index contributed by atoms with van der Waals surface area (Å²) in [6.07, 6.45) is 2.36. The van der Waals surface area contributed by atoms with Crippen molar-refractivity contribution in [2.24, 2.45) is 0 Å². The molecular formula is C25H35N3O4S. The lowest BCUT2D eigenvalue weighted by Crippen LogP contribution is -2.47. The molecule has 8 heteroatoms. The van der Waals surface area contributed by atoms with Gasteiger partial charge in [-0.15, -0.1) is 0 Å². The fraction of sp³-hybridized carbons (Fsp3) is 0.440. The molecule has 0 saturated carbocycles. The van der Waals surface area contributed by atoms with Crippen LogP contribution in [0.25, 0.3) is 0 Å². The van der Waals surface area contributed by atoms with E-state index in [-0.39, 0.29) is 29.7 Å². The van der Waals surface area contributed by atoms with Crippen LogP contribution in [0.4, 0.5) is 0 Å². The molecule has 0 heterocycles. The molecule has 180 valence electrons. The Morgan fingerprint density at radius 3 is 2.18 bits per heavy atom. The molecule has 0 spiro atoms. The predicted molar refractivity (Wildman–Crippen MR) is 130 cm³/mol. The van der Waals surface area contributed by atoms with Gasteiger partial charge in [0.2, 0.25) is 21.8 Å². The average Bonchev–Trinajstić information content (AvgIpc) is 2.83. The van der Waals surface area contributed by atoms with Gasteiger partial charge in [0.1, 0.15) is 6.04 Å². The van der Waals surface area contributed by atoms with E-state index in [0.29, 0.717) is 19.5 Å². The fourth-order valence-electron chi connectivity index (χ4n) is 3.39. The molecule has 0 radical (unpaired) electrons. The van der Waals surface area contributed by atoms with Crippen LogP contribution in [0.15, 0.2) is 65.6 Å². The molecule has 0 aliphatic carbocycles. The molecule has 0 bridgehead atoms. The van der Waals surface area contributed by atoms with Crippen molar-refractivity contribution in [2.45, 2.75) is 57.0 Å². The highest BCUT2D eigenvalue weighted by molar-refractivity contribution is 7.89. The number of amides is 2. The first-order valence-corrected chi connectivity index (χ1v) is 12.8. The van der Waals surface area contributed by atoms with Gasteiger partial charge < -0.3 is 10.2 Å². The number of carbonyl (C=O) groups is 2. The number of nitrogens with zero attached hydrogens (tertiary/aromatic N) is 2. The van der Waals surface area contributed by atoms with Gasteiger partial charge in [-0.3, -0.25) is 9.59 Å². The lowest BCUT2D eigenvalue weighted by atomic mass is 10.1. The van der Waals surface area contributed by atoms with E-state index in [1.165, 1.54) is 11.4 Å². The lowest BCUT2D eigenvalue weighted by Gasteiger charge is -2.29. The highest BCUT2D eigenvalue weighted by Gasteiger charge is 2.26. The summed E-state index contributed by atoms with van der Waals surface area (Å²) in [5.41, 5.74) is 0.933. The minimum Gasteiger partial charge on any atom is -0.354 e. The van der Waals surface area contributed by atoms with E-state index in [1.807, 2.05) is 30.3 Å². The van der Waals surface area contributed by atoms with Crippen LogP contribution in [0.3, 0.4) is 0 Å². The maximum atomic E-state index is 13.1. The zero-order valence-electron chi connectivity index (χ0n) is 19.7. The van der Waals surface area contributed by atoms with Gasteiger partial charge in [0.05, 0.1) is 4.90 Å². The van der Waals surface area contributed by atoms with Gasteiger partial charge in [-0.25, -0.2) is 12.7 Å². The van der Waals surface area contributed by atoms with E-state index in [1.54, 1.807) is 42.2 Å². The third-order valence-electron chi connectivity index (χ3n) is 5.51. The Morgan fingerprint density at radius 2 is 1.58 bits per heavy atom. The van der Waals surface area contributed by atoms with E-state index in [2.05, 4.69) is 12.2 Å². The smallest absolute Gasteiger partial charge is 0.242 e. The van der Waals surface area contributed by atoms with Crippen LogP contribution in [0.1, 0.15) is 45.1 Å². The minimum atomic E-state index is -3.60. The highest BCUT2D eigenvalue weighted by atomic mass is 32.2. The summed E-state index contributed by atoms with van der Waals surface area (Å²) in [5.74, 6) is -0.362. The summed E-state index contributed by atoms with van der Waals surface area (Å²) < 4.78 is 26.6. The second kappa shape index (κ2) is 13.1. The van der Waals surface area contributed by atoms with Crippen molar-refractivity contribution < 1.29 is 18.0 Å². The zero-order chi connectivity index (χ0) is 24.3. The van der Waals surface area contributed by atoms with E-state index in [9.17, 15) is 18.0 Å². The minimum absolute atomic E-state index is 0.147. The SMILES string of the molecule is CCCCNC(=O)[C@@H](C)N(Cc1ccccc1)C(=O)CCCN(C)S(=O)(=O)c1ccccc1. The van der Waals surface area contributed by atoms with Gasteiger partial charge in [0, 0.05) is 33.1 Å². The van der Waals surface area contributed by atoms with Gasteiger partial charge in [0.15, 0.2) is 0 Å². The van der Waals surface area contributed by atoms with Gasteiger partial charge in [-0.05, 0) is 37.5 Å². The molecule has 0 aromatic heterocycles. The second-order valence-corrected chi connectivity index (χ2v) is 10.1. The Balaban J connectivity index is 2.02. The summed E-state index contributed by atoms with van der Waals surface area (Å²) in [6.45, 7) is 4.89. The largest absolute Gasteiger partial charge is 0.354 e. The van der Waals surface area contributed by atoms with E-state index in [0.717, 1.165) is 18.4 Å². The van der Waals surface area contributed by atoms with Crippen LogP contribution in [-0.2, 0) is 26.2 Å². The zero-order valence-corrected chi connectivity index (χ0v) is 20.6.